The molecule has 1 rings (SSSR count). The topological polar surface area (TPSA) is 29.1 Å². The first-order valence-corrected chi connectivity index (χ1v) is 5.57. The molecule has 0 saturated carbocycles. The summed E-state index contributed by atoms with van der Waals surface area (Å²) in [6.07, 6.45) is 2.12. The third kappa shape index (κ3) is 3.50. The summed E-state index contributed by atoms with van der Waals surface area (Å²) >= 11 is 3.33. The van der Waals surface area contributed by atoms with Crippen molar-refractivity contribution in [1.82, 2.24) is 5.32 Å². The van der Waals surface area contributed by atoms with Gasteiger partial charge in [0.15, 0.2) is 0 Å². The molecule has 0 bridgehead atoms. The van der Waals surface area contributed by atoms with Crippen molar-refractivity contribution in [1.29, 1.82) is 0 Å². The Bertz CT molecular complexity index is 312. The Hall–Kier alpha value is -0.830. The van der Waals surface area contributed by atoms with Crippen LogP contribution in [0.1, 0.15) is 30.1 Å². The average Bonchev–Trinajstić information content (AvgIpc) is 2.18. The van der Waals surface area contributed by atoms with Crippen LogP contribution in [0.3, 0.4) is 0 Å². The maximum Gasteiger partial charge on any atom is 0.251 e. The molecule has 3 heteroatoms. The van der Waals surface area contributed by atoms with Gasteiger partial charge in [-0.25, -0.2) is 0 Å². The number of hydrogen-bond acceptors (Lipinski definition) is 1. The molecule has 0 aromatic heterocycles. The molecule has 2 nitrogen and oxygen atoms in total. The maximum atomic E-state index is 11.5. The molecule has 0 aliphatic rings. The predicted molar refractivity (Wildman–Crippen MR) is 61.4 cm³/mol. The van der Waals surface area contributed by atoms with Gasteiger partial charge in [-0.2, -0.15) is 0 Å². The summed E-state index contributed by atoms with van der Waals surface area (Å²) in [6.45, 7) is 2.85. The van der Waals surface area contributed by atoms with Gasteiger partial charge in [-0.1, -0.05) is 35.3 Å². The van der Waals surface area contributed by atoms with E-state index in [4.69, 9.17) is 0 Å². The van der Waals surface area contributed by atoms with Crippen LogP contribution in [0.25, 0.3) is 0 Å². The molecule has 14 heavy (non-hydrogen) atoms. The summed E-state index contributed by atoms with van der Waals surface area (Å²) in [5.41, 5.74) is 0.704. The lowest BCUT2D eigenvalue weighted by atomic mass is 10.2. The Morgan fingerprint density at radius 2 is 2.29 bits per heavy atom. The van der Waals surface area contributed by atoms with Gasteiger partial charge in [0.2, 0.25) is 0 Å². The largest absolute Gasteiger partial charge is 0.352 e. The third-order valence-electron chi connectivity index (χ3n) is 1.90. The molecule has 76 valence electrons. The van der Waals surface area contributed by atoms with E-state index in [1.165, 1.54) is 0 Å². The number of carbonyl (C=O) groups excluding carboxylic acids is 1. The Morgan fingerprint density at radius 3 is 2.93 bits per heavy atom. The van der Waals surface area contributed by atoms with E-state index in [2.05, 4.69) is 28.2 Å². The van der Waals surface area contributed by atoms with Crippen molar-refractivity contribution in [2.75, 3.05) is 6.54 Å². The van der Waals surface area contributed by atoms with Crippen molar-refractivity contribution >= 4 is 21.8 Å². The number of amides is 1. The maximum absolute atomic E-state index is 11.5. The van der Waals surface area contributed by atoms with Gasteiger partial charge in [-0.15, -0.1) is 0 Å². The molecule has 1 aromatic carbocycles. The van der Waals surface area contributed by atoms with Crippen LogP contribution >= 0.6 is 15.9 Å². The van der Waals surface area contributed by atoms with Gasteiger partial charge in [0, 0.05) is 16.6 Å². The van der Waals surface area contributed by atoms with Crippen molar-refractivity contribution in [3.63, 3.8) is 0 Å². The van der Waals surface area contributed by atoms with Crippen LogP contribution in [-0.2, 0) is 0 Å². The fourth-order valence-corrected chi connectivity index (χ4v) is 1.51. The predicted octanol–water partition coefficient (Wildman–Crippen LogP) is 2.98. The van der Waals surface area contributed by atoms with E-state index in [9.17, 15) is 4.79 Å². The average molecular weight is 256 g/mol. The molecule has 0 radical (unpaired) electrons. The Morgan fingerprint density at radius 1 is 1.50 bits per heavy atom. The summed E-state index contributed by atoms with van der Waals surface area (Å²) in [5, 5.41) is 2.87. The molecule has 0 saturated heterocycles. The van der Waals surface area contributed by atoms with Gasteiger partial charge in [0.1, 0.15) is 0 Å². The van der Waals surface area contributed by atoms with E-state index in [1.807, 2.05) is 24.3 Å². The highest BCUT2D eigenvalue weighted by Crippen LogP contribution is 2.11. The summed E-state index contributed by atoms with van der Waals surface area (Å²) in [6, 6.07) is 7.40. The van der Waals surface area contributed by atoms with Crippen LogP contribution in [0.4, 0.5) is 0 Å². The van der Waals surface area contributed by atoms with Crippen LogP contribution in [0.2, 0.25) is 0 Å². The second-order valence-corrected chi connectivity index (χ2v) is 4.04. The summed E-state index contributed by atoms with van der Waals surface area (Å²) in [7, 11) is 0. The van der Waals surface area contributed by atoms with Gasteiger partial charge < -0.3 is 5.32 Å². The minimum absolute atomic E-state index is 0.000231. The monoisotopic (exact) mass is 255 g/mol. The zero-order chi connectivity index (χ0) is 10.4. The molecule has 0 heterocycles. The van der Waals surface area contributed by atoms with Crippen LogP contribution in [0.5, 0.6) is 0 Å². The normalized spacial score (nSPS) is 9.86. The number of hydrogen-bond donors (Lipinski definition) is 1. The number of nitrogens with one attached hydrogen (secondary N) is 1. The first kappa shape index (κ1) is 11.2. The Balaban J connectivity index is 2.52. The summed E-state index contributed by atoms with van der Waals surface area (Å²) in [5.74, 6) is -0.000231. The van der Waals surface area contributed by atoms with E-state index in [-0.39, 0.29) is 5.91 Å². The lowest BCUT2D eigenvalue weighted by Crippen LogP contribution is -2.24. The molecule has 1 aromatic rings. The zero-order valence-corrected chi connectivity index (χ0v) is 9.80. The first-order chi connectivity index (χ1) is 6.74. The smallest absolute Gasteiger partial charge is 0.251 e. The van der Waals surface area contributed by atoms with Crippen molar-refractivity contribution in [2.24, 2.45) is 0 Å². The van der Waals surface area contributed by atoms with Crippen LogP contribution in [-0.4, -0.2) is 12.5 Å². The number of unbranched alkanes of at least 4 members (excludes halogenated alkanes) is 1. The van der Waals surface area contributed by atoms with E-state index in [1.54, 1.807) is 0 Å². The fourth-order valence-electron chi connectivity index (χ4n) is 1.11. The molecular weight excluding hydrogens is 242 g/mol. The van der Waals surface area contributed by atoms with Gasteiger partial charge >= 0.3 is 0 Å². The van der Waals surface area contributed by atoms with E-state index in [0.29, 0.717) is 5.56 Å². The standard InChI is InChI=1S/C11H14BrNO/c1-2-3-7-13-11(14)9-5-4-6-10(12)8-9/h4-6,8H,2-3,7H2,1H3,(H,13,14). The Labute approximate surface area is 92.8 Å². The van der Waals surface area contributed by atoms with Crippen LogP contribution < -0.4 is 5.32 Å². The van der Waals surface area contributed by atoms with E-state index >= 15 is 0 Å². The lowest BCUT2D eigenvalue weighted by molar-refractivity contribution is 0.0953. The molecule has 1 amide bonds. The van der Waals surface area contributed by atoms with Gasteiger partial charge in [0.25, 0.3) is 5.91 Å². The van der Waals surface area contributed by atoms with Crippen molar-refractivity contribution in [2.45, 2.75) is 19.8 Å². The van der Waals surface area contributed by atoms with E-state index in [0.717, 1.165) is 23.9 Å². The quantitative estimate of drug-likeness (QED) is 0.824. The number of rotatable bonds is 4. The van der Waals surface area contributed by atoms with E-state index < -0.39 is 0 Å². The number of carbonyl (C=O) groups is 1. The Kier molecular flexibility index (Phi) is 4.66. The highest BCUT2D eigenvalue weighted by molar-refractivity contribution is 9.10. The van der Waals surface area contributed by atoms with Crippen LogP contribution in [0.15, 0.2) is 28.7 Å². The summed E-state index contributed by atoms with van der Waals surface area (Å²) < 4.78 is 0.931. The van der Waals surface area contributed by atoms with Gasteiger partial charge in [0.05, 0.1) is 0 Å². The second kappa shape index (κ2) is 5.81. The third-order valence-corrected chi connectivity index (χ3v) is 2.40. The van der Waals surface area contributed by atoms with Crippen molar-refractivity contribution in [3.8, 4) is 0 Å². The molecule has 0 aliphatic heterocycles. The van der Waals surface area contributed by atoms with Crippen molar-refractivity contribution in [3.05, 3.63) is 34.3 Å². The molecule has 0 fully saturated rings. The number of halogens is 1. The summed E-state index contributed by atoms with van der Waals surface area (Å²) in [4.78, 5) is 11.5. The minimum atomic E-state index is -0.000231. The minimum Gasteiger partial charge on any atom is -0.352 e. The fraction of sp³-hybridized carbons (Fsp3) is 0.364. The first-order valence-electron chi connectivity index (χ1n) is 4.78. The SMILES string of the molecule is CCCCNC(=O)c1cccc(Br)c1. The molecule has 0 spiro atoms. The molecule has 1 N–H and O–H groups in total. The van der Waals surface area contributed by atoms with Gasteiger partial charge in [-0.05, 0) is 24.6 Å². The second-order valence-electron chi connectivity index (χ2n) is 3.12. The zero-order valence-electron chi connectivity index (χ0n) is 8.22. The highest BCUT2D eigenvalue weighted by atomic mass is 79.9. The molecular formula is C11H14BrNO. The van der Waals surface area contributed by atoms with Gasteiger partial charge in [-0.3, -0.25) is 4.79 Å². The molecule has 0 unspecified atom stereocenters. The lowest BCUT2D eigenvalue weighted by Gasteiger charge is -2.03. The van der Waals surface area contributed by atoms with Crippen LogP contribution in [0, 0.1) is 0 Å². The van der Waals surface area contributed by atoms with Crippen molar-refractivity contribution < 1.29 is 4.79 Å². The number of benzene rings is 1. The highest BCUT2D eigenvalue weighted by Gasteiger charge is 2.03. The molecule has 0 atom stereocenters. The molecule has 0 aliphatic carbocycles.